The van der Waals surface area contributed by atoms with Gasteiger partial charge in [0.15, 0.2) is 10.5 Å². The quantitative estimate of drug-likeness (QED) is 0.571. The van der Waals surface area contributed by atoms with Crippen molar-refractivity contribution in [2.75, 3.05) is 0 Å². The Morgan fingerprint density at radius 2 is 1.11 bits per heavy atom. The highest BCUT2D eigenvalue weighted by Crippen LogP contribution is 2.54. The summed E-state index contributed by atoms with van der Waals surface area (Å²) in [5.41, 5.74) is 0. The fraction of sp³-hybridized carbons (Fsp3) is 1.00. The van der Waals surface area contributed by atoms with Gasteiger partial charge in [-0.3, -0.25) is 0 Å². The third kappa shape index (κ3) is 2.20. The molecule has 0 rings (SSSR count). The van der Waals surface area contributed by atoms with Crippen LogP contribution in [0.25, 0.3) is 0 Å². The molecule has 14 heteroatoms. The highest BCUT2D eigenvalue weighted by atomic mass is 32.2. The molecule has 0 atom stereocenters. The zero-order valence-corrected chi connectivity index (χ0v) is 10.9. The first-order valence-electron chi connectivity index (χ1n) is 3.56. The summed E-state index contributed by atoms with van der Waals surface area (Å²) >= 11 is 0. The summed E-state index contributed by atoms with van der Waals surface area (Å²) in [5.74, 6) is -14.5. The predicted molar refractivity (Wildman–Crippen MR) is 40.8 cm³/mol. The number of hydrogen-bond donors (Lipinski definition) is 0. The molecule has 0 aliphatic carbocycles. The van der Waals surface area contributed by atoms with Crippen LogP contribution in [0.15, 0.2) is 0 Å². The van der Waals surface area contributed by atoms with Crippen molar-refractivity contribution in [3.8, 4) is 0 Å². The lowest BCUT2D eigenvalue weighted by molar-refractivity contribution is -0.382. The highest BCUT2D eigenvalue weighted by molar-refractivity contribution is 7.88. The number of hydrogen-bond acceptors (Lipinski definition) is 3. The molecule has 0 N–H and O–H groups in total. The largest absolute Gasteiger partial charge is 0.460 e. The first kappa shape index (κ1) is 17.5. The molecule has 0 fully saturated rings. The van der Waals surface area contributed by atoms with E-state index in [1.165, 1.54) is 0 Å². The van der Waals surface area contributed by atoms with Crippen LogP contribution in [0.1, 0.15) is 0 Å². The Hall–Kier alpha value is -0.503. The summed E-state index contributed by atoms with van der Waals surface area (Å²) in [6.45, 7) is 0. The van der Waals surface area contributed by atoms with Crippen LogP contribution in [0.3, 0.4) is 0 Å². The fourth-order valence-corrected chi connectivity index (χ4v) is 1.90. The summed E-state index contributed by atoms with van der Waals surface area (Å²) in [5, 5.41) is -6.74. The van der Waals surface area contributed by atoms with Gasteiger partial charge in [-0.05, 0) is 0 Å². The molecule has 0 heterocycles. The minimum atomic E-state index is -7.25. The van der Waals surface area contributed by atoms with Crippen LogP contribution in [-0.4, -0.2) is 42.2 Å². The van der Waals surface area contributed by atoms with Crippen LogP contribution >= 0.6 is 0 Å². The van der Waals surface area contributed by atoms with Gasteiger partial charge >= 0.3 is 33.4 Å². The number of rotatable bonds is 4. The molecule has 0 unspecified atom stereocenters. The third-order valence-electron chi connectivity index (χ3n) is 1.65. The molecular weight excluding hydrogens is 327 g/mol. The molecule has 0 aromatic rings. The first-order chi connectivity index (χ1) is 7.56. The SMILES string of the molecule is O=S(=O)(O[SiH3])C(F)(F)C(F)(F)C(F)(F)C(F)(F)F. The van der Waals surface area contributed by atoms with E-state index in [1.54, 1.807) is 0 Å². The van der Waals surface area contributed by atoms with Gasteiger partial charge in [0.1, 0.15) is 0 Å². The van der Waals surface area contributed by atoms with E-state index in [0.29, 0.717) is 0 Å². The van der Waals surface area contributed by atoms with Crippen molar-refractivity contribution >= 4 is 20.6 Å². The first-order valence-corrected chi connectivity index (χ1v) is 5.79. The molecule has 0 spiro atoms. The fourth-order valence-electron chi connectivity index (χ4n) is 0.622. The molecular formula is C4H3F9O3SSi. The summed E-state index contributed by atoms with van der Waals surface area (Å²) < 4.78 is 133. The van der Waals surface area contributed by atoms with Crippen LogP contribution in [0.5, 0.6) is 0 Å². The summed E-state index contributed by atoms with van der Waals surface area (Å²) in [6.07, 6.45) is -7.07. The molecule has 0 amide bonds. The van der Waals surface area contributed by atoms with E-state index in [2.05, 4.69) is 3.87 Å². The van der Waals surface area contributed by atoms with Crippen molar-refractivity contribution in [3.63, 3.8) is 0 Å². The van der Waals surface area contributed by atoms with Gasteiger partial charge in [0.05, 0.1) is 0 Å². The summed E-state index contributed by atoms with van der Waals surface area (Å²) in [7, 11) is -7.74. The normalized spacial score (nSPS) is 16.1. The second-order valence-electron chi connectivity index (χ2n) is 2.78. The Morgan fingerprint density at radius 1 is 0.778 bits per heavy atom. The molecule has 0 saturated heterocycles. The van der Waals surface area contributed by atoms with E-state index in [9.17, 15) is 47.9 Å². The van der Waals surface area contributed by atoms with Crippen molar-refractivity contribution in [2.24, 2.45) is 0 Å². The van der Waals surface area contributed by atoms with Crippen LogP contribution in [-0.2, 0) is 14.0 Å². The van der Waals surface area contributed by atoms with E-state index in [1.807, 2.05) is 0 Å². The lowest BCUT2D eigenvalue weighted by Crippen LogP contribution is -2.63. The highest BCUT2D eigenvalue weighted by Gasteiger charge is 2.85. The Kier molecular flexibility index (Phi) is 4.14. The van der Waals surface area contributed by atoms with Crippen molar-refractivity contribution in [1.29, 1.82) is 0 Å². The second kappa shape index (κ2) is 4.26. The van der Waals surface area contributed by atoms with Gasteiger partial charge in [0, 0.05) is 0 Å². The topological polar surface area (TPSA) is 43.4 Å². The van der Waals surface area contributed by atoms with Crippen molar-refractivity contribution in [2.45, 2.75) is 23.3 Å². The minimum Gasteiger partial charge on any atom is -0.322 e. The molecule has 0 radical (unpaired) electrons. The Labute approximate surface area is 96.6 Å². The average molecular weight is 330 g/mol. The van der Waals surface area contributed by atoms with Crippen molar-refractivity contribution < 1.29 is 51.8 Å². The van der Waals surface area contributed by atoms with E-state index in [4.69, 9.17) is 0 Å². The maximum atomic E-state index is 12.6. The monoisotopic (exact) mass is 330 g/mol. The van der Waals surface area contributed by atoms with Crippen molar-refractivity contribution in [1.82, 2.24) is 0 Å². The lowest BCUT2D eigenvalue weighted by Gasteiger charge is -2.32. The van der Waals surface area contributed by atoms with Gasteiger partial charge in [-0.25, -0.2) is 0 Å². The third-order valence-corrected chi connectivity index (χ3v) is 4.29. The van der Waals surface area contributed by atoms with Gasteiger partial charge in [-0.1, -0.05) is 0 Å². The van der Waals surface area contributed by atoms with Crippen LogP contribution in [0.4, 0.5) is 39.5 Å². The Bertz CT molecular complexity index is 412. The maximum absolute atomic E-state index is 12.6. The zero-order chi connectivity index (χ0) is 15.2. The van der Waals surface area contributed by atoms with Crippen LogP contribution < -0.4 is 0 Å². The maximum Gasteiger partial charge on any atom is 0.460 e. The molecule has 0 saturated carbocycles. The second-order valence-corrected chi connectivity index (χ2v) is 5.54. The number of alkyl halides is 9. The van der Waals surface area contributed by atoms with E-state index in [0.717, 1.165) is 0 Å². The summed E-state index contributed by atoms with van der Waals surface area (Å²) in [4.78, 5) is 0. The molecule has 0 aliphatic heterocycles. The zero-order valence-electron chi connectivity index (χ0n) is 8.03. The standard InChI is InChI=1S/C4H3F9O3SSi/c5-1(6,3(9,10)11)2(7,8)4(12,13)17(14,15)16-18/h18H3. The molecule has 110 valence electrons. The van der Waals surface area contributed by atoms with Gasteiger partial charge in [-0.2, -0.15) is 47.9 Å². The molecule has 0 aromatic carbocycles. The lowest BCUT2D eigenvalue weighted by atomic mass is 10.1. The minimum absolute atomic E-state index is 1.14. The molecule has 18 heavy (non-hydrogen) atoms. The van der Waals surface area contributed by atoms with Gasteiger partial charge < -0.3 is 3.87 Å². The predicted octanol–water partition coefficient (Wildman–Crippen LogP) is 1.04. The Balaban J connectivity index is 5.96. The van der Waals surface area contributed by atoms with Gasteiger partial charge in [0.25, 0.3) is 0 Å². The Morgan fingerprint density at radius 3 is 1.33 bits per heavy atom. The smallest absolute Gasteiger partial charge is 0.322 e. The van der Waals surface area contributed by atoms with E-state index in [-0.39, 0.29) is 0 Å². The molecule has 0 aromatic heterocycles. The number of halogens is 9. The van der Waals surface area contributed by atoms with Crippen LogP contribution in [0.2, 0.25) is 0 Å². The van der Waals surface area contributed by atoms with E-state index < -0.39 is 43.9 Å². The van der Waals surface area contributed by atoms with Crippen molar-refractivity contribution in [3.05, 3.63) is 0 Å². The summed E-state index contributed by atoms with van der Waals surface area (Å²) in [6, 6.07) is 0. The van der Waals surface area contributed by atoms with Crippen LogP contribution in [0, 0.1) is 0 Å². The van der Waals surface area contributed by atoms with Gasteiger partial charge in [0.2, 0.25) is 0 Å². The molecule has 0 aliphatic rings. The molecule has 0 bridgehead atoms. The van der Waals surface area contributed by atoms with E-state index >= 15 is 0 Å². The molecule has 3 nitrogen and oxygen atoms in total. The van der Waals surface area contributed by atoms with Gasteiger partial charge in [-0.15, -0.1) is 0 Å². The average Bonchev–Trinajstić information content (AvgIpc) is 2.15.